The highest BCUT2D eigenvalue weighted by Crippen LogP contribution is 2.25. The summed E-state index contributed by atoms with van der Waals surface area (Å²) in [5, 5.41) is 0. The normalized spacial score (nSPS) is 18.1. The number of unbranched alkanes of at least 4 members (excludes halogenated alkanes) is 1. The molecule has 5 heteroatoms. The molecule has 0 aliphatic heterocycles. The largest absolute Gasteiger partial charge is 0.215 e. The molecule has 1 aliphatic carbocycles. The van der Waals surface area contributed by atoms with Crippen molar-refractivity contribution in [1.29, 1.82) is 0 Å². The molecule has 3 nitrogen and oxygen atoms in total. The lowest BCUT2D eigenvalue weighted by atomic mass is 9.86. The van der Waals surface area contributed by atoms with E-state index in [1.165, 1.54) is 19.3 Å². The van der Waals surface area contributed by atoms with Gasteiger partial charge >= 0.3 is 0 Å². The summed E-state index contributed by atoms with van der Waals surface area (Å²) in [6, 6.07) is 0. The Hall–Kier alpha value is 0.200. The van der Waals surface area contributed by atoms with E-state index in [0.717, 1.165) is 6.42 Å². The Morgan fingerprint density at radius 1 is 1.29 bits per heavy atom. The lowest BCUT2D eigenvalue weighted by molar-refractivity contribution is 0.316. The molecule has 0 bridgehead atoms. The number of sulfonamides is 1. The third-order valence-electron chi connectivity index (χ3n) is 2.61. The van der Waals surface area contributed by atoms with Gasteiger partial charge in [-0.25, -0.2) is 13.1 Å². The van der Waals surface area contributed by atoms with Gasteiger partial charge in [0, 0.05) is 12.4 Å². The van der Waals surface area contributed by atoms with Gasteiger partial charge in [-0.2, -0.15) is 0 Å². The number of alkyl halides is 1. The van der Waals surface area contributed by atoms with Crippen LogP contribution in [0.2, 0.25) is 0 Å². The van der Waals surface area contributed by atoms with Crippen LogP contribution in [0, 0.1) is 5.92 Å². The van der Waals surface area contributed by atoms with Gasteiger partial charge in [-0.3, -0.25) is 0 Å². The SMILES string of the molecule is O=S(=O)(CCCCCl)NCC1CCC1. The first-order valence-corrected chi connectivity index (χ1v) is 7.36. The van der Waals surface area contributed by atoms with Gasteiger partial charge in [0.1, 0.15) is 0 Å². The summed E-state index contributed by atoms with van der Waals surface area (Å²) in [5.74, 6) is 1.34. The molecular formula is C9H18ClNO2S. The predicted octanol–water partition coefficient (Wildman–Crippen LogP) is 1.72. The van der Waals surface area contributed by atoms with E-state index < -0.39 is 10.0 Å². The molecule has 0 heterocycles. The van der Waals surface area contributed by atoms with Gasteiger partial charge in [-0.05, 0) is 31.6 Å². The Balaban J connectivity index is 2.12. The van der Waals surface area contributed by atoms with Crippen LogP contribution in [0.25, 0.3) is 0 Å². The molecular weight excluding hydrogens is 222 g/mol. The van der Waals surface area contributed by atoms with E-state index in [-0.39, 0.29) is 5.75 Å². The third kappa shape index (κ3) is 4.62. The molecule has 14 heavy (non-hydrogen) atoms. The van der Waals surface area contributed by atoms with E-state index >= 15 is 0 Å². The average Bonchev–Trinajstić information content (AvgIpc) is 2.01. The van der Waals surface area contributed by atoms with Gasteiger partial charge in [-0.15, -0.1) is 11.6 Å². The van der Waals surface area contributed by atoms with E-state index in [9.17, 15) is 8.42 Å². The Morgan fingerprint density at radius 3 is 2.50 bits per heavy atom. The molecule has 84 valence electrons. The van der Waals surface area contributed by atoms with Crippen molar-refractivity contribution in [2.24, 2.45) is 5.92 Å². The summed E-state index contributed by atoms with van der Waals surface area (Å²) in [5.41, 5.74) is 0. The fraction of sp³-hybridized carbons (Fsp3) is 1.00. The maximum atomic E-state index is 11.4. The van der Waals surface area contributed by atoms with Gasteiger partial charge in [0.25, 0.3) is 0 Å². The smallest absolute Gasteiger partial charge is 0.211 e. The quantitative estimate of drug-likeness (QED) is 0.543. The molecule has 1 saturated carbocycles. The second kappa shape index (κ2) is 5.93. The number of hydrogen-bond acceptors (Lipinski definition) is 2. The van der Waals surface area contributed by atoms with Crippen LogP contribution in [0.3, 0.4) is 0 Å². The fourth-order valence-electron chi connectivity index (χ4n) is 1.40. The number of nitrogens with one attached hydrogen (secondary N) is 1. The van der Waals surface area contributed by atoms with E-state index in [0.29, 0.717) is 24.8 Å². The summed E-state index contributed by atoms with van der Waals surface area (Å²) < 4.78 is 25.4. The molecule has 0 spiro atoms. The summed E-state index contributed by atoms with van der Waals surface area (Å²) in [6.45, 7) is 0.628. The lowest BCUT2D eigenvalue weighted by Gasteiger charge is -2.25. The van der Waals surface area contributed by atoms with Crippen LogP contribution in [0.1, 0.15) is 32.1 Å². The van der Waals surface area contributed by atoms with Crippen molar-refractivity contribution in [2.75, 3.05) is 18.2 Å². The van der Waals surface area contributed by atoms with Crippen molar-refractivity contribution in [1.82, 2.24) is 4.72 Å². The van der Waals surface area contributed by atoms with Crippen LogP contribution in [-0.4, -0.2) is 26.6 Å². The van der Waals surface area contributed by atoms with Crippen molar-refractivity contribution in [2.45, 2.75) is 32.1 Å². The van der Waals surface area contributed by atoms with Crippen molar-refractivity contribution < 1.29 is 8.42 Å². The van der Waals surface area contributed by atoms with Crippen molar-refractivity contribution in [3.8, 4) is 0 Å². The van der Waals surface area contributed by atoms with Gasteiger partial charge in [0.05, 0.1) is 5.75 Å². The third-order valence-corrected chi connectivity index (χ3v) is 4.31. The first kappa shape index (κ1) is 12.3. The van der Waals surface area contributed by atoms with Crippen LogP contribution >= 0.6 is 11.6 Å². The zero-order chi connectivity index (χ0) is 10.4. The molecule has 1 aliphatic rings. The molecule has 0 atom stereocenters. The predicted molar refractivity (Wildman–Crippen MR) is 59.1 cm³/mol. The zero-order valence-corrected chi connectivity index (χ0v) is 9.91. The number of rotatable bonds is 7. The minimum atomic E-state index is -3.03. The second-order valence-electron chi connectivity index (χ2n) is 3.86. The van der Waals surface area contributed by atoms with Crippen LogP contribution in [0.5, 0.6) is 0 Å². The first-order chi connectivity index (χ1) is 6.64. The van der Waals surface area contributed by atoms with Crippen LogP contribution in [0.4, 0.5) is 0 Å². The number of halogens is 1. The Kier molecular flexibility index (Phi) is 5.20. The first-order valence-electron chi connectivity index (χ1n) is 5.17. The standard InChI is InChI=1S/C9H18ClNO2S/c10-6-1-2-7-14(12,13)11-8-9-4-3-5-9/h9,11H,1-8H2. The molecule has 1 fully saturated rings. The monoisotopic (exact) mass is 239 g/mol. The zero-order valence-electron chi connectivity index (χ0n) is 8.34. The topological polar surface area (TPSA) is 46.2 Å². The summed E-state index contributed by atoms with van der Waals surface area (Å²) in [4.78, 5) is 0. The highest BCUT2D eigenvalue weighted by atomic mass is 35.5. The summed E-state index contributed by atoms with van der Waals surface area (Å²) in [6.07, 6.45) is 5.02. The Morgan fingerprint density at radius 2 is 2.00 bits per heavy atom. The molecule has 1 N–H and O–H groups in total. The van der Waals surface area contributed by atoms with Crippen molar-refractivity contribution in [3.63, 3.8) is 0 Å². The van der Waals surface area contributed by atoms with Gasteiger partial charge in [0.15, 0.2) is 0 Å². The highest BCUT2D eigenvalue weighted by Gasteiger charge is 2.19. The lowest BCUT2D eigenvalue weighted by Crippen LogP contribution is -2.33. The van der Waals surface area contributed by atoms with E-state index in [1.807, 2.05) is 0 Å². The van der Waals surface area contributed by atoms with E-state index in [4.69, 9.17) is 11.6 Å². The molecule has 0 aromatic heterocycles. The minimum absolute atomic E-state index is 0.215. The Labute approximate surface area is 91.3 Å². The molecule has 0 unspecified atom stereocenters. The maximum Gasteiger partial charge on any atom is 0.211 e. The molecule has 0 aromatic rings. The Bertz CT molecular complexity index is 250. The minimum Gasteiger partial charge on any atom is -0.215 e. The highest BCUT2D eigenvalue weighted by molar-refractivity contribution is 7.89. The molecule has 0 radical (unpaired) electrons. The molecule has 0 aromatic carbocycles. The van der Waals surface area contributed by atoms with E-state index in [1.54, 1.807) is 0 Å². The number of hydrogen-bond donors (Lipinski definition) is 1. The van der Waals surface area contributed by atoms with Gasteiger partial charge in [-0.1, -0.05) is 6.42 Å². The molecule has 1 rings (SSSR count). The van der Waals surface area contributed by atoms with E-state index in [2.05, 4.69) is 4.72 Å². The van der Waals surface area contributed by atoms with Gasteiger partial charge < -0.3 is 0 Å². The summed E-state index contributed by atoms with van der Waals surface area (Å²) in [7, 11) is -3.03. The summed E-state index contributed by atoms with van der Waals surface area (Å²) >= 11 is 5.47. The van der Waals surface area contributed by atoms with Crippen LogP contribution in [0.15, 0.2) is 0 Å². The fourth-order valence-corrected chi connectivity index (χ4v) is 2.81. The van der Waals surface area contributed by atoms with Crippen LogP contribution < -0.4 is 4.72 Å². The maximum absolute atomic E-state index is 11.4. The van der Waals surface area contributed by atoms with Crippen molar-refractivity contribution in [3.05, 3.63) is 0 Å². The second-order valence-corrected chi connectivity index (χ2v) is 6.16. The average molecular weight is 240 g/mol. The van der Waals surface area contributed by atoms with Crippen molar-refractivity contribution >= 4 is 21.6 Å². The van der Waals surface area contributed by atoms with Gasteiger partial charge in [0.2, 0.25) is 10.0 Å². The van der Waals surface area contributed by atoms with Crippen LogP contribution in [-0.2, 0) is 10.0 Å². The molecule has 0 saturated heterocycles. The molecule has 0 amide bonds.